The van der Waals surface area contributed by atoms with Gasteiger partial charge in [0.25, 0.3) is 0 Å². The zero-order valence-electron chi connectivity index (χ0n) is 9.78. The Kier molecular flexibility index (Phi) is 4.09. The van der Waals surface area contributed by atoms with Crippen molar-refractivity contribution in [2.45, 2.75) is 13.3 Å². The van der Waals surface area contributed by atoms with Crippen molar-refractivity contribution in [1.29, 1.82) is 0 Å². The van der Waals surface area contributed by atoms with E-state index >= 15 is 0 Å². The Morgan fingerprint density at radius 2 is 2.17 bits per heavy atom. The van der Waals surface area contributed by atoms with Crippen molar-refractivity contribution < 1.29 is 4.74 Å². The van der Waals surface area contributed by atoms with E-state index in [4.69, 9.17) is 22.1 Å². The van der Waals surface area contributed by atoms with Crippen molar-refractivity contribution in [2.24, 2.45) is 0 Å². The molecule has 0 saturated carbocycles. The summed E-state index contributed by atoms with van der Waals surface area (Å²) in [6.07, 6.45) is 2.41. The zero-order chi connectivity index (χ0) is 13.1. The van der Waals surface area contributed by atoms with Crippen molar-refractivity contribution in [3.05, 3.63) is 45.5 Å². The van der Waals surface area contributed by atoms with Crippen molar-refractivity contribution in [2.75, 3.05) is 5.73 Å². The second-order valence-corrected chi connectivity index (χ2v) is 5.03. The molecule has 1 aromatic heterocycles. The molecule has 0 radical (unpaired) electrons. The lowest BCUT2D eigenvalue weighted by atomic mass is 10.1. The summed E-state index contributed by atoms with van der Waals surface area (Å²) >= 11 is 9.42. The molecule has 0 atom stereocenters. The van der Waals surface area contributed by atoms with Gasteiger partial charge in [-0.2, -0.15) is 0 Å². The first kappa shape index (κ1) is 13.2. The Bertz CT molecular complexity index is 575. The number of rotatable bonds is 3. The first-order valence-electron chi connectivity index (χ1n) is 5.47. The lowest BCUT2D eigenvalue weighted by molar-refractivity contribution is 0.459. The van der Waals surface area contributed by atoms with Crippen LogP contribution in [-0.4, -0.2) is 4.98 Å². The van der Waals surface area contributed by atoms with E-state index in [0.717, 1.165) is 21.5 Å². The molecule has 94 valence electrons. The molecule has 0 spiro atoms. The molecule has 0 aliphatic rings. The van der Waals surface area contributed by atoms with Gasteiger partial charge < -0.3 is 10.5 Å². The highest BCUT2D eigenvalue weighted by molar-refractivity contribution is 9.10. The van der Waals surface area contributed by atoms with E-state index in [2.05, 4.69) is 20.9 Å². The normalized spacial score (nSPS) is 10.4. The predicted octanol–water partition coefficient (Wildman–Crippen LogP) is 4.43. The summed E-state index contributed by atoms with van der Waals surface area (Å²) in [6, 6.07) is 7.29. The number of hydrogen-bond acceptors (Lipinski definition) is 3. The molecule has 0 bridgehead atoms. The number of aryl methyl sites for hydroxylation is 1. The van der Waals surface area contributed by atoms with E-state index < -0.39 is 0 Å². The molecule has 0 unspecified atom stereocenters. The number of nitrogen functional groups attached to an aromatic ring is 1. The maximum absolute atomic E-state index is 6.05. The summed E-state index contributed by atoms with van der Waals surface area (Å²) < 4.78 is 6.41. The second-order valence-electron chi connectivity index (χ2n) is 3.76. The lowest BCUT2D eigenvalue weighted by Crippen LogP contribution is -1.93. The van der Waals surface area contributed by atoms with Gasteiger partial charge in [0.1, 0.15) is 5.75 Å². The monoisotopic (exact) mass is 326 g/mol. The number of pyridine rings is 1. The van der Waals surface area contributed by atoms with E-state index in [9.17, 15) is 0 Å². The number of nitrogens with zero attached hydrogens (tertiary/aromatic N) is 1. The number of aromatic nitrogens is 1. The molecule has 18 heavy (non-hydrogen) atoms. The van der Waals surface area contributed by atoms with Gasteiger partial charge in [0.2, 0.25) is 5.88 Å². The molecule has 1 heterocycles. The molecule has 2 aromatic rings. The summed E-state index contributed by atoms with van der Waals surface area (Å²) in [6.45, 7) is 2.04. The smallest absolute Gasteiger partial charge is 0.233 e. The summed E-state index contributed by atoms with van der Waals surface area (Å²) in [5, 5.41) is 0.745. The third-order valence-corrected chi connectivity index (χ3v) is 3.38. The molecule has 0 aliphatic carbocycles. The molecule has 1 aromatic carbocycles. The minimum Gasteiger partial charge on any atom is -0.438 e. The summed E-state index contributed by atoms with van der Waals surface area (Å²) in [5.74, 6) is 1.18. The van der Waals surface area contributed by atoms with E-state index in [1.807, 2.05) is 25.1 Å². The largest absolute Gasteiger partial charge is 0.438 e. The molecular weight excluding hydrogens is 316 g/mol. The van der Waals surface area contributed by atoms with Crippen LogP contribution in [0.4, 0.5) is 5.69 Å². The van der Waals surface area contributed by atoms with Gasteiger partial charge in [0.15, 0.2) is 0 Å². The topological polar surface area (TPSA) is 48.1 Å². The van der Waals surface area contributed by atoms with Gasteiger partial charge in [-0.25, -0.2) is 4.98 Å². The average Bonchev–Trinajstić information content (AvgIpc) is 2.35. The fourth-order valence-corrected chi connectivity index (χ4v) is 2.21. The minimum atomic E-state index is 0.480. The van der Waals surface area contributed by atoms with Crippen LogP contribution in [0.15, 0.2) is 34.9 Å². The zero-order valence-corrected chi connectivity index (χ0v) is 12.1. The highest BCUT2D eigenvalue weighted by Gasteiger charge is 2.07. The lowest BCUT2D eigenvalue weighted by Gasteiger charge is -2.09. The van der Waals surface area contributed by atoms with Crippen LogP contribution in [0.2, 0.25) is 5.02 Å². The highest BCUT2D eigenvalue weighted by Crippen LogP contribution is 2.30. The van der Waals surface area contributed by atoms with Gasteiger partial charge in [-0.3, -0.25) is 0 Å². The highest BCUT2D eigenvalue weighted by atomic mass is 79.9. The maximum Gasteiger partial charge on any atom is 0.233 e. The van der Waals surface area contributed by atoms with Crippen LogP contribution >= 0.6 is 27.5 Å². The summed E-state index contributed by atoms with van der Waals surface area (Å²) in [4.78, 5) is 4.12. The van der Waals surface area contributed by atoms with Crippen LogP contribution in [0.5, 0.6) is 11.6 Å². The van der Waals surface area contributed by atoms with Gasteiger partial charge in [-0.15, -0.1) is 0 Å². The molecule has 0 aliphatic heterocycles. The third kappa shape index (κ3) is 2.94. The molecule has 2 rings (SSSR count). The average molecular weight is 328 g/mol. The van der Waals surface area contributed by atoms with Crippen LogP contribution in [0, 0.1) is 0 Å². The third-order valence-electron chi connectivity index (χ3n) is 2.44. The molecule has 3 nitrogen and oxygen atoms in total. The van der Waals surface area contributed by atoms with Gasteiger partial charge in [-0.05, 0) is 52.2 Å². The van der Waals surface area contributed by atoms with E-state index in [1.165, 1.54) is 0 Å². The first-order valence-corrected chi connectivity index (χ1v) is 6.64. The number of nitrogens with two attached hydrogens (primary N) is 1. The van der Waals surface area contributed by atoms with Crippen LogP contribution in [0.3, 0.4) is 0 Å². The van der Waals surface area contributed by atoms with Gasteiger partial charge in [0.05, 0.1) is 16.4 Å². The van der Waals surface area contributed by atoms with Crippen LogP contribution in [0.25, 0.3) is 0 Å². The van der Waals surface area contributed by atoms with E-state index in [0.29, 0.717) is 17.3 Å². The quantitative estimate of drug-likeness (QED) is 0.907. The summed E-state index contributed by atoms with van der Waals surface area (Å²) in [5.41, 5.74) is 7.25. The van der Waals surface area contributed by atoms with E-state index in [-0.39, 0.29) is 0 Å². The Hall–Kier alpha value is -1.26. The molecule has 0 fully saturated rings. The Morgan fingerprint density at radius 1 is 1.39 bits per heavy atom. The number of hydrogen-bond donors (Lipinski definition) is 1. The standard InChI is InChI=1S/C13H12BrClN2O/c1-2-8-5-10(3-4-12(8)15)18-13-11(14)6-9(16)7-17-13/h3-7H,2,16H2,1H3. The predicted molar refractivity (Wildman–Crippen MR) is 77.3 cm³/mol. The number of benzene rings is 1. The first-order chi connectivity index (χ1) is 8.60. The summed E-state index contributed by atoms with van der Waals surface area (Å²) in [7, 11) is 0. The van der Waals surface area contributed by atoms with Crippen molar-refractivity contribution in [3.8, 4) is 11.6 Å². The van der Waals surface area contributed by atoms with Gasteiger partial charge in [-0.1, -0.05) is 18.5 Å². The molecule has 2 N–H and O–H groups in total. The fraction of sp³-hybridized carbons (Fsp3) is 0.154. The number of ether oxygens (including phenoxy) is 1. The molecule has 5 heteroatoms. The molecule has 0 saturated heterocycles. The molecular formula is C13H12BrClN2O. The minimum absolute atomic E-state index is 0.480. The second kappa shape index (κ2) is 5.59. The van der Waals surface area contributed by atoms with Crippen LogP contribution < -0.4 is 10.5 Å². The Balaban J connectivity index is 2.28. The van der Waals surface area contributed by atoms with Crippen molar-refractivity contribution >= 4 is 33.2 Å². The number of halogens is 2. The number of anilines is 1. The molecule has 0 amide bonds. The Labute approximate surface area is 119 Å². The van der Waals surface area contributed by atoms with Crippen molar-refractivity contribution in [3.63, 3.8) is 0 Å². The Morgan fingerprint density at radius 3 is 2.83 bits per heavy atom. The fourth-order valence-electron chi connectivity index (χ4n) is 1.51. The van der Waals surface area contributed by atoms with Crippen LogP contribution in [0.1, 0.15) is 12.5 Å². The maximum atomic E-state index is 6.05. The van der Waals surface area contributed by atoms with Gasteiger partial charge in [0, 0.05) is 5.02 Å². The van der Waals surface area contributed by atoms with Crippen LogP contribution in [-0.2, 0) is 6.42 Å². The van der Waals surface area contributed by atoms with Crippen molar-refractivity contribution in [1.82, 2.24) is 4.98 Å². The SMILES string of the molecule is CCc1cc(Oc2ncc(N)cc2Br)ccc1Cl. The van der Waals surface area contributed by atoms with Gasteiger partial charge >= 0.3 is 0 Å². The van der Waals surface area contributed by atoms with E-state index in [1.54, 1.807) is 12.3 Å².